The molecule has 68 valence electrons. The molecule has 0 saturated carbocycles. The van der Waals surface area contributed by atoms with E-state index in [9.17, 15) is 0 Å². The summed E-state index contributed by atoms with van der Waals surface area (Å²) in [5.41, 5.74) is 1.56. The van der Waals surface area contributed by atoms with Crippen LogP contribution in [0.1, 0.15) is 19.5 Å². The Kier molecular flexibility index (Phi) is 3.41. The van der Waals surface area contributed by atoms with Crippen molar-refractivity contribution >= 4 is 5.69 Å². The van der Waals surface area contributed by atoms with Crippen molar-refractivity contribution in [3.05, 3.63) is 35.4 Å². The average Bonchev–Trinajstić information content (AvgIpc) is 2.15. The number of hydrogen-bond acceptors (Lipinski definition) is 2. The van der Waals surface area contributed by atoms with Crippen molar-refractivity contribution in [2.24, 2.45) is 0 Å². The molecule has 13 heavy (non-hydrogen) atoms. The van der Waals surface area contributed by atoms with Crippen LogP contribution in [0.3, 0.4) is 0 Å². The molecule has 0 aliphatic rings. The summed E-state index contributed by atoms with van der Waals surface area (Å²) < 4.78 is 0. The predicted molar refractivity (Wildman–Crippen MR) is 52.5 cm³/mol. The van der Waals surface area contributed by atoms with Crippen LogP contribution in [-0.2, 0) is 6.54 Å². The van der Waals surface area contributed by atoms with Crippen molar-refractivity contribution < 1.29 is 0 Å². The Hall–Kier alpha value is -1.40. The summed E-state index contributed by atoms with van der Waals surface area (Å²) in [6.07, 6.45) is 1.60. The molecular formula is C10H13N3. The zero-order valence-corrected chi connectivity index (χ0v) is 7.91. The van der Waals surface area contributed by atoms with Crippen LogP contribution < -0.4 is 5.32 Å². The van der Waals surface area contributed by atoms with E-state index >= 15 is 0 Å². The molecule has 0 aliphatic heterocycles. The van der Waals surface area contributed by atoms with Gasteiger partial charge in [0.15, 0.2) is 0 Å². The zero-order valence-electron chi connectivity index (χ0n) is 7.91. The third-order valence-electron chi connectivity index (χ3n) is 1.63. The molecule has 0 aliphatic carbocycles. The van der Waals surface area contributed by atoms with Crippen molar-refractivity contribution in [1.82, 2.24) is 10.3 Å². The van der Waals surface area contributed by atoms with Crippen LogP contribution in [-0.4, -0.2) is 11.0 Å². The lowest BCUT2D eigenvalue weighted by molar-refractivity contribution is 0.581. The number of pyridine rings is 1. The van der Waals surface area contributed by atoms with E-state index in [1.807, 2.05) is 6.07 Å². The summed E-state index contributed by atoms with van der Waals surface area (Å²) in [6, 6.07) is 4.13. The van der Waals surface area contributed by atoms with Gasteiger partial charge in [-0.3, -0.25) is 4.98 Å². The molecule has 0 radical (unpaired) electrons. The topological polar surface area (TPSA) is 29.3 Å². The Morgan fingerprint density at radius 3 is 2.77 bits per heavy atom. The van der Waals surface area contributed by atoms with Gasteiger partial charge in [0.05, 0.1) is 12.3 Å². The highest BCUT2D eigenvalue weighted by atomic mass is 14.9. The monoisotopic (exact) mass is 175 g/mol. The second-order valence-corrected chi connectivity index (χ2v) is 3.16. The third kappa shape index (κ3) is 3.22. The van der Waals surface area contributed by atoms with E-state index in [2.05, 4.69) is 29.0 Å². The largest absolute Gasteiger partial charge is 0.309 e. The highest BCUT2D eigenvalue weighted by Gasteiger charge is 1.96. The Bertz CT molecular complexity index is 295. The van der Waals surface area contributed by atoms with Crippen LogP contribution in [0.2, 0.25) is 0 Å². The molecule has 0 aromatic carbocycles. The number of aromatic nitrogens is 1. The van der Waals surface area contributed by atoms with E-state index in [4.69, 9.17) is 6.57 Å². The maximum absolute atomic E-state index is 6.75. The highest BCUT2D eigenvalue weighted by molar-refractivity contribution is 5.41. The van der Waals surface area contributed by atoms with Crippen LogP contribution in [0, 0.1) is 6.57 Å². The molecule has 1 N–H and O–H groups in total. The summed E-state index contributed by atoms with van der Waals surface area (Å²) in [7, 11) is 0. The van der Waals surface area contributed by atoms with Gasteiger partial charge < -0.3 is 5.32 Å². The highest BCUT2D eigenvalue weighted by Crippen LogP contribution is 2.09. The minimum atomic E-state index is 0.460. The van der Waals surface area contributed by atoms with Gasteiger partial charge in [0.1, 0.15) is 0 Å². The van der Waals surface area contributed by atoms with Gasteiger partial charge in [-0.1, -0.05) is 19.9 Å². The van der Waals surface area contributed by atoms with Crippen LogP contribution in [0.25, 0.3) is 4.85 Å². The standard InChI is InChI=1S/C10H13N3/c1-8(2)12-7-10-5-4-9(11-3)6-13-10/h4-6,8,12H,7H2,1-2H3. The molecule has 1 rings (SSSR count). The molecule has 3 heteroatoms. The van der Waals surface area contributed by atoms with Gasteiger partial charge in [-0.05, 0) is 6.07 Å². The Balaban J connectivity index is 2.55. The van der Waals surface area contributed by atoms with E-state index in [-0.39, 0.29) is 0 Å². The van der Waals surface area contributed by atoms with Gasteiger partial charge in [0.2, 0.25) is 5.69 Å². The lowest BCUT2D eigenvalue weighted by Crippen LogP contribution is -2.22. The maximum Gasteiger partial charge on any atom is 0.205 e. The fourth-order valence-corrected chi connectivity index (χ4v) is 0.896. The summed E-state index contributed by atoms with van der Waals surface area (Å²) in [5.74, 6) is 0. The van der Waals surface area contributed by atoms with Gasteiger partial charge in [-0.15, -0.1) is 0 Å². The van der Waals surface area contributed by atoms with Gasteiger partial charge in [-0.2, -0.15) is 0 Å². The molecule has 0 spiro atoms. The first-order chi connectivity index (χ1) is 6.22. The van der Waals surface area contributed by atoms with Crippen LogP contribution in [0.15, 0.2) is 18.3 Å². The molecule has 1 heterocycles. The number of nitrogens with one attached hydrogen (secondary N) is 1. The molecular weight excluding hydrogens is 162 g/mol. The van der Waals surface area contributed by atoms with Crippen LogP contribution in [0.4, 0.5) is 5.69 Å². The second kappa shape index (κ2) is 4.58. The van der Waals surface area contributed by atoms with Crippen molar-refractivity contribution in [2.45, 2.75) is 26.4 Å². The molecule has 0 atom stereocenters. The van der Waals surface area contributed by atoms with E-state index in [1.54, 1.807) is 12.3 Å². The lowest BCUT2D eigenvalue weighted by Gasteiger charge is -2.06. The molecule has 3 nitrogen and oxygen atoms in total. The first-order valence-corrected chi connectivity index (χ1v) is 4.28. The molecule has 1 aromatic heterocycles. The fourth-order valence-electron chi connectivity index (χ4n) is 0.896. The molecule has 0 bridgehead atoms. The molecule has 0 amide bonds. The van der Waals surface area contributed by atoms with Gasteiger partial charge >= 0.3 is 0 Å². The van der Waals surface area contributed by atoms with Crippen molar-refractivity contribution in [1.29, 1.82) is 0 Å². The van der Waals surface area contributed by atoms with Gasteiger partial charge in [0, 0.05) is 18.8 Å². The summed E-state index contributed by atoms with van der Waals surface area (Å²) in [5, 5.41) is 3.26. The second-order valence-electron chi connectivity index (χ2n) is 3.16. The first-order valence-electron chi connectivity index (χ1n) is 4.28. The molecule has 1 aromatic rings. The van der Waals surface area contributed by atoms with E-state index in [0.29, 0.717) is 11.7 Å². The minimum Gasteiger partial charge on any atom is -0.309 e. The van der Waals surface area contributed by atoms with E-state index in [1.165, 1.54) is 0 Å². The smallest absolute Gasteiger partial charge is 0.205 e. The predicted octanol–water partition coefficient (Wildman–Crippen LogP) is 2.13. The van der Waals surface area contributed by atoms with E-state index < -0.39 is 0 Å². The van der Waals surface area contributed by atoms with Crippen molar-refractivity contribution in [3.63, 3.8) is 0 Å². The number of hydrogen-bond donors (Lipinski definition) is 1. The van der Waals surface area contributed by atoms with Gasteiger partial charge in [-0.25, -0.2) is 4.85 Å². The van der Waals surface area contributed by atoms with Crippen molar-refractivity contribution in [2.75, 3.05) is 0 Å². The van der Waals surface area contributed by atoms with Crippen LogP contribution in [0.5, 0.6) is 0 Å². The average molecular weight is 175 g/mol. The van der Waals surface area contributed by atoms with Gasteiger partial charge in [0.25, 0.3) is 0 Å². The van der Waals surface area contributed by atoms with E-state index in [0.717, 1.165) is 12.2 Å². The summed E-state index contributed by atoms with van der Waals surface area (Å²) in [4.78, 5) is 7.42. The Labute approximate surface area is 78.6 Å². The summed E-state index contributed by atoms with van der Waals surface area (Å²) >= 11 is 0. The molecule has 0 unspecified atom stereocenters. The van der Waals surface area contributed by atoms with Crippen LogP contribution >= 0.6 is 0 Å². The fraction of sp³-hybridized carbons (Fsp3) is 0.400. The molecule has 0 fully saturated rings. The first kappa shape index (κ1) is 9.69. The maximum atomic E-state index is 6.75. The SMILES string of the molecule is [C-]#[N+]c1ccc(CNC(C)C)nc1. The quantitative estimate of drug-likeness (QED) is 0.713. The normalized spacial score (nSPS) is 10.0. The zero-order chi connectivity index (χ0) is 9.68. The Morgan fingerprint density at radius 1 is 1.54 bits per heavy atom. The number of rotatable bonds is 3. The molecule has 0 saturated heterocycles. The Morgan fingerprint density at radius 2 is 2.31 bits per heavy atom. The van der Waals surface area contributed by atoms with Crippen molar-refractivity contribution in [3.8, 4) is 0 Å². The third-order valence-corrected chi connectivity index (χ3v) is 1.63. The lowest BCUT2D eigenvalue weighted by atomic mass is 10.3. The summed E-state index contributed by atoms with van der Waals surface area (Å²) in [6.45, 7) is 11.7. The minimum absolute atomic E-state index is 0.460. The number of nitrogens with zero attached hydrogens (tertiary/aromatic N) is 2.